The number of carbonyl (C=O) groups excluding carboxylic acids is 1. The summed E-state index contributed by atoms with van der Waals surface area (Å²) in [6.07, 6.45) is -3.32. The van der Waals surface area contributed by atoms with Crippen molar-refractivity contribution in [2.75, 3.05) is 32.7 Å². The van der Waals surface area contributed by atoms with Gasteiger partial charge in [-0.15, -0.1) is 0 Å². The molecule has 1 saturated heterocycles. The van der Waals surface area contributed by atoms with Crippen molar-refractivity contribution in [3.8, 4) is 0 Å². The zero-order valence-electron chi connectivity index (χ0n) is 15.8. The van der Waals surface area contributed by atoms with E-state index in [2.05, 4.69) is 10.3 Å². The molecule has 3 rings (SSSR count). The fourth-order valence-electron chi connectivity index (χ4n) is 3.23. The maximum atomic E-state index is 13.1. The van der Waals surface area contributed by atoms with Crippen molar-refractivity contribution < 1.29 is 22.4 Å². The number of amides is 1. The van der Waals surface area contributed by atoms with Crippen molar-refractivity contribution in [2.24, 2.45) is 0 Å². The lowest BCUT2D eigenvalue weighted by molar-refractivity contribution is -0.142. The van der Waals surface area contributed by atoms with E-state index in [1.54, 1.807) is 12.1 Å². The van der Waals surface area contributed by atoms with Crippen LogP contribution in [-0.2, 0) is 24.1 Å². The Morgan fingerprint density at radius 1 is 1.03 bits per heavy atom. The molecule has 0 atom stereocenters. The van der Waals surface area contributed by atoms with Crippen LogP contribution in [0.5, 0.6) is 0 Å². The second kappa shape index (κ2) is 9.32. The van der Waals surface area contributed by atoms with Crippen molar-refractivity contribution in [2.45, 2.75) is 19.3 Å². The number of aromatic nitrogens is 1. The number of nitrogens with zero attached hydrogens (tertiary/aromatic N) is 3. The molecule has 1 fully saturated rings. The molecule has 0 radical (unpaired) electrons. The highest BCUT2D eigenvalue weighted by atomic mass is 19.4. The number of halogens is 4. The van der Waals surface area contributed by atoms with Crippen molar-refractivity contribution in [3.63, 3.8) is 0 Å². The van der Waals surface area contributed by atoms with E-state index >= 15 is 0 Å². The Kier molecular flexibility index (Phi) is 6.81. The fourth-order valence-corrected chi connectivity index (χ4v) is 3.23. The number of hydrogen-bond acceptors (Lipinski definition) is 4. The van der Waals surface area contributed by atoms with Gasteiger partial charge in [0.25, 0.3) is 0 Å². The molecule has 0 unspecified atom stereocenters. The van der Waals surface area contributed by atoms with Crippen molar-refractivity contribution in [3.05, 3.63) is 65.2 Å². The number of hydrogen-bond donors (Lipinski definition) is 1. The van der Waals surface area contributed by atoms with Gasteiger partial charge < -0.3 is 5.32 Å². The molecule has 156 valence electrons. The van der Waals surface area contributed by atoms with Gasteiger partial charge >= 0.3 is 6.18 Å². The Morgan fingerprint density at radius 3 is 2.34 bits per heavy atom. The van der Waals surface area contributed by atoms with Gasteiger partial charge in [-0.05, 0) is 29.3 Å². The van der Waals surface area contributed by atoms with E-state index in [9.17, 15) is 22.4 Å². The number of nitrogens with one attached hydrogen (secondary N) is 1. The van der Waals surface area contributed by atoms with Crippen LogP contribution in [0.1, 0.15) is 16.8 Å². The highest BCUT2D eigenvalue weighted by Crippen LogP contribution is 2.30. The minimum Gasteiger partial charge on any atom is -0.351 e. The van der Waals surface area contributed by atoms with Crippen molar-refractivity contribution in [1.82, 2.24) is 20.1 Å². The summed E-state index contributed by atoms with van der Waals surface area (Å²) in [5.74, 6) is -0.471. The SMILES string of the molecule is O=C(CN1CCN(Cc2cccnc2C(F)(F)F)CC1)NCc1ccc(F)cc1. The summed E-state index contributed by atoms with van der Waals surface area (Å²) in [5.41, 5.74) is 0.120. The second-order valence-electron chi connectivity index (χ2n) is 6.96. The maximum Gasteiger partial charge on any atom is 0.433 e. The second-order valence-corrected chi connectivity index (χ2v) is 6.96. The van der Waals surface area contributed by atoms with Crippen LogP contribution < -0.4 is 5.32 Å². The molecule has 2 heterocycles. The first kappa shape index (κ1) is 21.2. The first-order chi connectivity index (χ1) is 13.8. The van der Waals surface area contributed by atoms with Gasteiger partial charge in [0.2, 0.25) is 5.91 Å². The van der Waals surface area contributed by atoms with Gasteiger partial charge in [0.15, 0.2) is 0 Å². The van der Waals surface area contributed by atoms with E-state index in [4.69, 9.17) is 0 Å². The standard InChI is InChI=1S/C20H22F4N4O/c21-17-5-3-15(4-6-17)12-26-18(29)14-28-10-8-27(9-11-28)13-16-2-1-7-25-19(16)20(22,23)24/h1-7H,8-14H2,(H,26,29). The first-order valence-electron chi connectivity index (χ1n) is 9.28. The molecule has 0 bridgehead atoms. The molecule has 1 N–H and O–H groups in total. The first-order valence-corrected chi connectivity index (χ1v) is 9.28. The highest BCUT2D eigenvalue weighted by molar-refractivity contribution is 5.78. The topological polar surface area (TPSA) is 48.5 Å². The lowest BCUT2D eigenvalue weighted by Crippen LogP contribution is -2.49. The smallest absolute Gasteiger partial charge is 0.351 e. The van der Waals surface area contributed by atoms with Crippen molar-refractivity contribution in [1.29, 1.82) is 0 Å². The van der Waals surface area contributed by atoms with Crippen LogP contribution in [0.2, 0.25) is 0 Å². The fraction of sp³-hybridized carbons (Fsp3) is 0.400. The van der Waals surface area contributed by atoms with Crippen LogP contribution in [-0.4, -0.2) is 53.4 Å². The Bertz CT molecular complexity index is 818. The third kappa shape index (κ3) is 6.23. The van der Waals surface area contributed by atoms with Gasteiger partial charge in [-0.1, -0.05) is 18.2 Å². The molecule has 1 aliphatic heterocycles. The largest absolute Gasteiger partial charge is 0.433 e. The molecule has 1 aliphatic rings. The average Bonchev–Trinajstić information content (AvgIpc) is 2.69. The van der Waals surface area contributed by atoms with E-state index in [0.717, 1.165) is 11.8 Å². The van der Waals surface area contributed by atoms with E-state index < -0.39 is 11.9 Å². The van der Waals surface area contributed by atoms with Crippen molar-refractivity contribution >= 4 is 5.91 Å². The minimum atomic E-state index is -4.47. The Morgan fingerprint density at radius 2 is 1.69 bits per heavy atom. The van der Waals surface area contributed by atoms with Gasteiger partial charge in [0.05, 0.1) is 6.54 Å². The van der Waals surface area contributed by atoms with Gasteiger partial charge in [-0.25, -0.2) is 4.39 Å². The number of pyridine rings is 1. The van der Waals surface area contributed by atoms with Gasteiger partial charge in [-0.3, -0.25) is 19.6 Å². The number of carbonyl (C=O) groups is 1. The zero-order chi connectivity index (χ0) is 20.9. The van der Waals surface area contributed by atoms with Gasteiger partial charge in [0.1, 0.15) is 11.5 Å². The predicted molar refractivity (Wildman–Crippen MR) is 99.2 cm³/mol. The third-order valence-electron chi connectivity index (χ3n) is 4.79. The molecule has 29 heavy (non-hydrogen) atoms. The monoisotopic (exact) mass is 410 g/mol. The molecular weight excluding hydrogens is 388 g/mol. The number of rotatable bonds is 6. The summed E-state index contributed by atoms with van der Waals surface area (Å²) in [6.45, 7) is 3.02. The lowest BCUT2D eigenvalue weighted by Gasteiger charge is -2.34. The Balaban J connectivity index is 1.44. The average molecular weight is 410 g/mol. The van der Waals surface area contributed by atoms with E-state index in [0.29, 0.717) is 32.7 Å². The molecule has 9 heteroatoms. The summed E-state index contributed by atoms with van der Waals surface area (Å²) in [4.78, 5) is 19.5. The quantitative estimate of drug-likeness (QED) is 0.744. The van der Waals surface area contributed by atoms with Crippen LogP contribution >= 0.6 is 0 Å². The van der Waals surface area contributed by atoms with Crippen LogP contribution in [0, 0.1) is 5.82 Å². The van der Waals surface area contributed by atoms with Crippen LogP contribution in [0.4, 0.5) is 17.6 Å². The van der Waals surface area contributed by atoms with Crippen LogP contribution in [0.25, 0.3) is 0 Å². The minimum absolute atomic E-state index is 0.144. The summed E-state index contributed by atoms with van der Waals surface area (Å²) < 4.78 is 52.1. The predicted octanol–water partition coefficient (Wildman–Crippen LogP) is 2.67. The molecular formula is C20H22F4N4O. The number of alkyl halides is 3. The van der Waals surface area contributed by atoms with E-state index in [-0.39, 0.29) is 30.4 Å². The summed E-state index contributed by atoms with van der Waals surface area (Å²) in [5, 5.41) is 2.79. The molecule has 2 aromatic rings. The molecule has 1 amide bonds. The summed E-state index contributed by atoms with van der Waals surface area (Å²) in [7, 11) is 0. The molecule has 5 nitrogen and oxygen atoms in total. The molecule has 0 aliphatic carbocycles. The van der Waals surface area contributed by atoms with Gasteiger partial charge in [-0.2, -0.15) is 13.2 Å². The molecule has 1 aromatic carbocycles. The normalized spacial score (nSPS) is 16.0. The molecule has 0 saturated carbocycles. The molecule has 1 aromatic heterocycles. The van der Waals surface area contributed by atoms with Crippen LogP contribution in [0.15, 0.2) is 42.6 Å². The maximum absolute atomic E-state index is 13.1. The zero-order valence-corrected chi connectivity index (χ0v) is 15.8. The Hall–Kier alpha value is -2.52. The number of piperazine rings is 1. The van der Waals surface area contributed by atoms with E-state index in [1.165, 1.54) is 24.3 Å². The summed E-state index contributed by atoms with van der Waals surface area (Å²) >= 11 is 0. The van der Waals surface area contributed by atoms with E-state index in [1.807, 2.05) is 9.80 Å². The lowest BCUT2D eigenvalue weighted by atomic mass is 10.1. The highest BCUT2D eigenvalue weighted by Gasteiger charge is 2.35. The number of benzene rings is 1. The third-order valence-corrected chi connectivity index (χ3v) is 4.79. The molecule has 0 spiro atoms. The summed E-state index contributed by atoms with van der Waals surface area (Å²) in [6, 6.07) is 8.86. The van der Waals surface area contributed by atoms with Gasteiger partial charge in [0, 0.05) is 45.5 Å². The Labute approximate surface area is 166 Å². The van der Waals surface area contributed by atoms with Crippen LogP contribution in [0.3, 0.4) is 0 Å².